The van der Waals surface area contributed by atoms with Crippen molar-refractivity contribution >= 4 is 11.9 Å². The molecule has 0 saturated heterocycles. The van der Waals surface area contributed by atoms with Gasteiger partial charge in [0.1, 0.15) is 5.75 Å². The third-order valence-corrected chi connectivity index (χ3v) is 1.92. The zero-order chi connectivity index (χ0) is 12.1. The molecule has 1 amide bonds. The molecule has 0 spiro atoms. The molecule has 0 unspecified atom stereocenters. The molecule has 5 heteroatoms. The van der Waals surface area contributed by atoms with Gasteiger partial charge in [0.15, 0.2) is 0 Å². The smallest absolute Gasteiger partial charge is 0.308 e. The van der Waals surface area contributed by atoms with Gasteiger partial charge in [0, 0.05) is 19.5 Å². The van der Waals surface area contributed by atoms with Crippen molar-refractivity contribution in [3.8, 4) is 5.75 Å². The summed E-state index contributed by atoms with van der Waals surface area (Å²) in [7, 11) is 2.92. The first kappa shape index (κ1) is 12.2. The SMILES string of the molecule is CON(C)C(=O)c1ccc(OC(C)=O)cc1. The maximum atomic E-state index is 11.6. The Morgan fingerprint density at radius 2 is 1.75 bits per heavy atom. The number of esters is 1. The summed E-state index contributed by atoms with van der Waals surface area (Å²) in [6.45, 7) is 1.32. The molecule has 1 aromatic rings. The van der Waals surface area contributed by atoms with Crippen LogP contribution in [0.3, 0.4) is 0 Å². The lowest BCUT2D eigenvalue weighted by molar-refractivity contribution is -0.131. The predicted octanol–water partition coefficient (Wildman–Crippen LogP) is 1.25. The molecular weight excluding hydrogens is 210 g/mol. The molecule has 0 atom stereocenters. The van der Waals surface area contributed by atoms with E-state index < -0.39 is 5.97 Å². The number of hydrogen-bond donors (Lipinski definition) is 0. The van der Waals surface area contributed by atoms with Crippen LogP contribution in [0.5, 0.6) is 5.75 Å². The van der Waals surface area contributed by atoms with Gasteiger partial charge >= 0.3 is 5.97 Å². The van der Waals surface area contributed by atoms with Crippen molar-refractivity contribution in [2.24, 2.45) is 0 Å². The van der Waals surface area contributed by atoms with Crippen molar-refractivity contribution in [2.45, 2.75) is 6.92 Å². The minimum atomic E-state index is -0.395. The van der Waals surface area contributed by atoms with Gasteiger partial charge in [0.2, 0.25) is 0 Å². The van der Waals surface area contributed by atoms with E-state index in [1.807, 2.05) is 0 Å². The van der Waals surface area contributed by atoms with Gasteiger partial charge in [-0.2, -0.15) is 0 Å². The van der Waals surface area contributed by atoms with Crippen LogP contribution in [0.4, 0.5) is 0 Å². The van der Waals surface area contributed by atoms with Crippen LogP contribution in [0, 0.1) is 0 Å². The zero-order valence-electron chi connectivity index (χ0n) is 9.39. The molecule has 0 aliphatic heterocycles. The molecule has 0 aliphatic carbocycles. The third-order valence-electron chi connectivity index (χ3n) is 1.92. The second-order valence-corrected chi connectivity index (χ2v) is 3.10. The molecule has 0 aliphatic rings. The Labute approximate surface area is 93.5 Å². The number of benzene rings is 1. The van der Waals surface area contributed by atoms with Crippen LogP contribution in [-0.4, -0.2) is 31.1 Å². The maximum Gasteiger partial charge on any atom is 0.308 e. The molecule has 5 nitrogen and oxygen atoms in total. The monoisotopic (exact) mass is 223 g/mol. The molecule has 0 aromatic heterocycles. The Morgan fingerprint density at radius 1 is 1.19 bits per heavy atom. The quantitative estimate of drug-likeness (QED) is 0.439. The standard InChI is InChI=1S/C11H13NO4/c1-8(13)16-10-6-4-9(5-7-10)11(14)12(2)15-3/h4-7H,1-3H3. The molecule has 0 N–H and O–H groups in total. The van der Waals surface area contributed by atoms with E-state index in [1.54, 1.807) is 24.3 Å². The van der Waals surface area contributed by atoms with Gasteiger partial charge in [-0.1, -0.05) is 0 Å². The van der Waals surface area contributed by atoms with E-state index in [9.17, 15) is 9.59 Å². The summed E-state index contributed by atoms with van der Waals surface area (Å²) in [4.78, 5) is 27.0. The number of rotatable bonds is 3. The number of carbonyl (C=O) groups is 2. The second kappa shape index (κ2) is 5.27. The lowest BCUT2D eigenvalue weighted by Crippen LogP contribution is -2.25. The average Bonchev–Trinajstić information content (AvgIpc) is 2.27. The summed E-state index contributed by atoms with van der Waals surface area (Å²) in [6, 6.07) is 6.24. The van der Waals surface area contributed by atoms with Crippen LogP contribution in [0.2, 0.25) is 0 Å². The Kier molecular flexibility index (Phi) is 4.02. The predicted molar refractivity (Wildman–Crippen MR) is 56.9 cm³/mol. The average molecular weight is 223 g/mol. The van der Waals surface area contributed by atoms with Gasteiger partial charge in [0.05, 0.1) is 7.11 Å². The Hall–Kier alpha value is -1.88. The number of hydrogen-bond acceptors (Lipinski definition) is 4. The van der Waals surface area contributed by atoms with E-state index in [0.29, 0.717) is 11.3 Å². The number of nitrogens with zero attached hydrogens (tertiary/aromatic N) is 1. The number of carbonyl (C=O) groups excluding carboxylic acids is 2. The lowest BCUT2D eigenvalue weighted by Gasteiger charge is -2.13. The van der Waals surface area contributed by atoms with Gasteiger partial charge in [-0.15, -0.1) is 0 Å². The topological polar surface area (TPSA) is 55.8 Å². The Bertz CT molecular complexity index is 385. The second-order valence-electron chi connectivity index (χ2n) is 3.10. The number of amides is 1. The first-order valence-electron chi connectivity index (χ1n) is 4.65. The first-order chi connectivity index (χ1) is 7.54. The summed E-state index contributed by atoms with van der Waals surface area (Å²) in [5, 5.41) is 1.11. The molecule has 0 bridgehead atoms. The van der Waals surface area contributed by atoms with E-state index in [0.717, 1.165) is 5.06 Å². The minimum Gasteiger partial charge on any atom is -0.427 e. The normalized spacial score (nSPS) is 9.69. The first-order valence-corrected chi connectivity index (χ1v) is 4.65. The van der Waals surface area contributed by atoms with E-state index in [-0.39, 0.29) is 5.91 Å². The van der Waals surface area contributed by atoms with Crippen LogP contribution < -0.4 is 4.74 Å². The van der Waals surface area contributed by atoms with E-state index in [2.05, 4.69) is 0 Å². The van der Waals surface area contributed by atoms with Crippen molar-refractivity contribution in [1.82, 2.24) is 5.06 Å². The van der Waals surface area contributed by atoms with Crippen LogP contribution in [0.15, 0.2) is 24.3 Å². The molecule has 0 saturated carbocycles. The largest absolute Gasteiger partial charge is 0.427 e. The van der Waals surface area contributed by atoms with Gasteiger partial charge < -0.3 is 4.74 Å². The van der Waals surface area contributed by atoms with Gasteiger partial charge in [0.25, 0.3) is 5.91 Å². The summed E-state index contributed by atoms with van der Waals surface area (Å²) >= 11 is 0. The molecule has 0 fully saturated rings. The lowest BCUT2D eigenvalue weighted by atomic mass is 10.2. The zero-order valence-corrected chi connectivity index (χ0v) is 9.39. The van der Waals surface area contributed by atoms with Gasteiger partial charge in [-0.05, 0) is 24.3 Å². The van der Waals surface area contributed by atoms with Crippen molar-refractivity contribution in [3.05, 3.63) is 29.8 Å². The molecule has 16 heavy (non-hydrogen) atoms. The fraction of sp³-hybridized carbons (Fsp3) is 0.273. The third kappa shape index (κ3) is 3.06. The van der Waals surface area contributed by atoms with Gasteiger partial charge in [-0.25, -0.2) is 5.06 Å². The fourth-order valence-corrected chi connectivity index (χ4v) is 1.10. The molecule has 86 valence electrons. The van der Waals surface area contributed by atoms with Crippen molar-refractivity contribution in [3.63, 3.8) is 0 Å². The highest BCUT2D eigenvalue weighted by Gasteiger charge is 2.10. The van der Waals surface area contributed by atoms with Crippen LogP contribution in [0.25, 0.3) is 0 Å². The van der Waals surface area contributed by atoms with Crippen molar-refractivity contribution in [2.75, 3.05) is 14.2 Å². The summed E-state index contributed by atoms with van der Waals surface area (Å²) < 4.78 is 4.84. The number of ether oxygens (including phenoxy) is 1. The molecule has 1 rings (SSSR count). The van der Waals surface area contributed by atoms with E-state index in [1.165, 1.54) is 21.1 Å². The van der Waals surface area contributed by atoms with Crippen molar-refractivity contribution < 1.29 is 19.2 Å². The Morgan fingerprint density at radius 3 is 2.19 bits per heavy atom. The molecule has 0 radical (unpaired) electrons. The number of hydroxylamine groups is 2. The molecule has 1 aromatic carbocycles. The highest BCUT2D eigenvalue weighted by atomic mass is 16.7. The Balaban J connectivity index is 2.78. The van der Waals surface area contributed by atoms with Gasteiger partial charge in [-0.3, -0.25) is 14.4 Å². The fourth-order valence-electron chi connectivity index (χ4n) is 1.10. The minimum absolute atomic E-state index is 0.267. The van der Waals surface area contributed by atoms with Crippen LogP contribution >= 0.6 is 0 Å². The van der Waals surface area contributed by atoms with Crippen LogP contribution in [0.1, 0.15) is 17.3 Å². The molecule has 0 heterocycles. The summed E-state index contributed by atoms with van der Waals surface area (Å²) in [5.41, 5.74) is 0.459. The van der Waals surface area contributed by atoms with E-state index >= 15 is 0 Å². The van der Waals surface area contributed by atoms with Crippen LogP contribution in [-0.2, 0) is 9.63 Å². The van der Waals surface area contributed by atoms with Crippen molar-refractivity contribution in [1.29, 1.82) is 0 Å². The van der Waals surface area contributed by atoms with E-state index in [4.69, 9.17) is 9.57 Å². The summed E-state index contributed by atoms with van der Waals surface area (Å²) in [5.74, 6) is -0.255. The molecular formula is C11H13NO4. The summed E-state index contributed by atoms with van der Waals surface area (Å²) in [6.07, 6.45) is 0. The highest BCUT2D eigenvalue weighted by molar-refractivity contribution is 5.93. The maximum absolute atomic E-state index is 11.6. The highest BCUT2D eigenvalue weighted by Crippen LogP contribution is 2.13.